The Morgan fingerprint density at radius 1 is 1.25 bits per heavy atom. The molecule has 2 N–H and O–H groups in total. The zero-order valence-corrected chi connectivity index (χ0v) is 12.4. The molecule has 0 unspecified atom stereocenters. The highest BCUT2D eigenvalue weighted by Gasteiger charge is 2.29. The number of carbonyl (C=O) groups excluding carboxylic acids is 1. The fourth-order valence-corrected chi connectivity index (χ4v) is 3.92. The number of aryl methyl sites for hydroxylation is 1. The van der Waals surface area contributed by atoms with Gasteiger partial charge in [0.1, 0.15) is 5.75 Å². The van der Waals surface area contributed by atoms with Crippen LogP contribution in [0.3, 0.4) is 0 Å². The Kier molecular flexibility index (Phi) is 4.77. The predicted octanol–water partition coefficient (Wildman–Crippen LogP) is 1.10. The summed E-state index contributed by atoms with van der Waals surface area (Å²) in [5.74, 6) is -0.904. The summed E-state index contributed by atoms with van der Waals surface area (Å²) in [6, 6.07) is 7.28. The van der Waals surface area contributed by atoms with Gasteiger partial charge in [0.25, 0.3) is 0 Å². The third-order valence-corrected chi connectivity index (χ3v) is 5.61. The van der Waals surface area contributed by atoms with Crippen molar-refractivity contribution in [3.05, 3.63) is 29.8 Å². The van der Waals surface area contributed by atoms with Crippen molar-refractivity contribution in [1.82, 2.24) is 5.32 Å². The molecule has 0 atom stereocenters. The summed E-state index contributed by atoms with van der Waals surface area (Å²) in [5, 5.41) is 5.36. The van der Waals surface area contributed by atoms with E-state index in [4.69, 9.17) is 0 Å². The smallest absolute Gasteiger partial charge is 0.239 e. The SMILES string of the molecule is Cc1ccc(NC(=O)CS(=O)(=O)C2CCNCC2)cc1. The van der Waals surface area contributed by atoms with Gasteiger partial charge in [-0.05, 0) is 45.0 Å². The van der Waals surface area contributed by atoms with Crippen LogP contribution in [-0.4, -0.2) is 38.4 Å². The molecule has 5 nitrogen and oxygen atoms in total. The fourth-order valence-electron chi connectivity index (χ4n) is 2.29. The number of nitrogens with one attached hydrogen (secondary N) is 2. The van der Waals surface area contributed by atoms with E-state index in [1.165, 1.54) is 0 Å². The molecule has 0 spiro atoms. The van der Waals surface area contributed by atoms with E-state index in [-0.39, 0.29) is 0 Å². The topological polar surface area (TPSA) is 75.3 Å². The second-order valence-corrected chi connectivity index (χ2v) is 7.45. The van der Waals surface area contributed by atoms with E-state index < -0.39 is 26.7 Å². The second kappa shape index (κ2) is 6.37. The van der Waals surface area contributed by atoms with E-state index in [1.54, 1.807) is 12.1 Å². The van der Waals surface area contributed by atoms with Crippen LogP contribution >= 0.6 is 0 Å². The van der Waals surface area contributed by atoms with E-state index >= 15 is 0 Å². The molecule has 1 aromatic carbocycles. The largest absolute Gasteiger partial charge is 0.325 e. The van der Waals surface area contributed by atoms with E-state index in [2.05, 4.69) is 10.6 Å². The van der Waals surface area contributed by atoms with Gasteiger partial charge in [0.15, 0.2) is 9.84 Å². The van der Waals surface area contributed by atoms with Gasteiger partial charge in [-0.1, -0.05) is 17.7 Å². The minimum absolute atomic E-state index is 0.396. The van der Waals surface area contributed by atoms with Crippen molar-refractivity contribution in [3.63, 3.8) is 0 Å². The Morgan fingerprint density at radius 2 is 1.85 bits per heavy atom. The molecule has 1 aliphatic rings. The third-order valence-electron chi connectivity index (χ3n) is 3.46. The lowest BCUT2D eigenvalue weighted by atomic mass is 10.2. The summed E-state index contributed by atoms with van der Waals surface area (Å²) in [4.78, 5) is 11.8. The third kappa shape index (κ3) is 4.05. The molecule has 1 aliphatic heterocycles. The Hall–Kier alpha value is -1.40. The van der Waals surface area contributed by atoms with Crippen LogP contribution in [0.25, 0.3) is 0 Å². The molecule has 0 aromatic heterocycles. The number of amides is 1. The van der Waals surface area contributed by atoms with Crippen LogP contribution < -0.4 is 10.6 Å². The number of hydrogen-bond donors (Lipinski definition) is 2. The summed E-state index contributed by atoms with van der Waals surface area (Å²) >= 11 is 0. The van der Waals surface area contributed by atoms with E-state index in [0.29, 0.717) is 31.6 Å². The first-order chi connectivity index (χ1) is 9.47. The van der Waals surface area contributed by atoms with Crippen LogP contribution in [0.15, 0.2) is 24.3 Å². The standard InChI is InChI=1S/C14H20N2O3S/c1-11-2-4-12(5-3-11)16-14(17)10-20(18,19)13-6-8-15-9-7-13/h2-5,13,15H,6-10H2,1H3,(H,16,17). The van der Waals surface area contributed by atoms with Crippen molar-refractivity contribution < 1.29 is 13.2 Å². The number of piperidine rings is 1. The summed E-state index contributed by atoms with van der Waals surface area (Å²) in [6.45, 7) is 3.35. The molecule has 1 fully saturated rings. The molecular weight excluding hydrogens is 276 g/mol. The highest BCUT2D eigenvalue weighted by atomic mass is 32.2. The number of sulfone groups is 1. The number of benzene rings is 1. The van der Waals surface area contributed by atoms with Gasteiger partial charge in [-0.15, -0.1) is 0 Å². The minimum Gasteiger partial charge on any atom is -0.325 e. The summed E-state index contributed by atoms with van der Waals surface area (Å²) in [5.41, 5.74) is 1.71. The maximum absolute atomic E-state index is 12.2. The van der Waals surface area contributed by atoms with Gasteiger partial charge < -0.3 is 10.6 Å². The predicted molar refractivity (Wildman–Crippen MR) is 79.5 cm³/mol. The molecule has 1 saturated heterocycles. The molecular formula is C14H20N2O3S. The maximum Gasteiger partial charge on any atom is 0.239 e. The van der Waals surface area contributed by atoms with Gasteiger partial charge in [-0.2, -0.15) is 0 Å². The van der Waals surface area contributed by atoms with Crippen molar-refractivity contribution >= 4 is 21.4 Å². The van der Waals surface area contributed by atoms with Crippen LogP contribution in [0.4, 0.5) is 5.69 Å². The first-order valence-corrected chi connectivity index (χ1v) is 8.48. The van der Waals surface area contributed by atoms with Crippen LogP contribution in [0.1, 0.15) is 18.4 Å². The minimum atomic E-state index is -3.36. The number of hydrogen-bond acceptors (Lipinski definition) is 4. The van der Waals surface area contributed by atoms with Gasteiger partial charge in [-0.3, -0.25) is 4.79 Å². The van der Waals surface area contributed by atoms with Gasteiger partial charge in [0.2, 0.25) is 5.91 Å². The first kappa shape index (κ1) is 15.0. The summed E-state index contributed by atoms with van der Waals surface area (Å²) in [6.07, 6.45) is 1.17. The molecule has 1 heterocycles. The average Bonchev–Trinajstić information content (AvgIpc) is 2.42. The lowest BCUT2D eigenvalue weighted by molar-refractivity contribution is -0.113. The highest BCUT2D eigenvalue weighted by molar-refractivity contribution is 7.92. The number of carbonyl (C=O) groups is 1. The van der Waals surface area contributed by atoms with Gasteiger partial charge in [-0.25, -0.2) is 8.42 Å². The van der Waals surface area contributed by atoms with Crippen molar-refractivity contribution in [2.24, 2.45) is 0 Å². The van der Waals surface area contributed by atoms with Gasteiger partial charge in [0, 0.05) is 5.69 Å². The zero-order valence-electron chi connectivity index (χ0n) is 11.6. The lowest BCUT2D eigenvalue weighted by Gasteiger charge is -2.22. The molecule has 0 aliphatic carbocycles. The second-order valence-electron chi connectivity index (χ2n) is 5.17. The number of anilines is 1. The monoisotopic (exact) mass is 296 g/mol. The Morgan fingerprint density at radius 3 is 2.45 bits per heavy atom. The van der Waals surface area contributed by atoms with Crippen molar-refractivity contribution in [2.75, 3.05) is 24.2 Å². The van der Waals surface area contributed by atoms with Crippen LogP contribution in [-0.2, 0) is 14.6 Å². The van der Waals surface area contributed by atoms with Crippen molar-refractivity contribution in [2.45, 2.75) is 25.0 Å². The highest BCUT2D eigenvalue weighted by Crippen LogP contribution is 2.15. The molecule has 1 amide bonds. The maximum atomic E-state index is 12.2. The van der Waals surface area contributed by atoms with E-state index in [9.17, 15) is 13.2 Å². The molecule has 110 valence electrons. The van der Waals surface area contributed by atoms with Gasteiger partial charge >= 0.3 is 0 Å². The first-order valence-electron chi connectivity index (χ1n) is 6.76. The van der Waals surface area contributed by atoms with Crippen LogP contribution in [0, 0.1) is 6.92 Å². The molecule has 0 saturated carbocycles. The van der Waals surface area contributed by atoms with Crippen LogP contribution in [0.5, 0.6) is 0 Å². The summed E-state index contributed by atoms with van der Waals surface area (Å²) < 4.78 is 24.3. The average molecular weight is 296 g/mol. The Labute approximate surface area is 119 Å². The normalized spacial score (nSPS) is 16.9. The molecule has 2 rings (SSSR count). The molecule has 6 heteroatoms. The quantitative estimate of drug-likeness (QED) is 0.872. The lowest BCUT2D eigenvalue weighted by Crippen LogP contribution is -2.39. The Bertz CT molecular complexity index is 561. The molecule has 0 bridgehead atoms. The van der Waals surface area contributed by atoms with E-state index in [1.807, 2.05) is 19.1 Å². The Balaban J connectivity index is 1.94. The van der Waals surface area contributed by atoms with E-state index in [0.717, 1.165) is 5.56 Å². The van der Waals surface area contributed by atoms with Crippen molar-refractivity contribution in [3.8, 4) is 0 Å². The summed E-state index contributed by atoms with van der Waals surface area (Å²) in [7, 11) is -3.36. The van der Waals surface area contributed by atoms with Crippen molar-refractivity contribution in [1.29, 1.82) is 0 Å². The number of rotatable bonds is 4. The molecule has 20 heavy (non-hydrogen) atoms. The van der Waals surface area contributed by atoms with Gasteiger partial charge in [0.05, 0.1) is 5.25 Å². The zero-order chi connectivity index (χ0) is 14.6. The fraction of sp³-hybridized carbons (Fsp3) is 0.500. The molecule has 0 radical (unpaired) electrons. The van der Waals surface area contributed by atoms with Crippen LogP contribution in [0.2, 0.25) is 0 Å². The molecule has 1 aromatic rings.